The van der Waals surface area contributed by atoms with Crippen molar-refractivity contribution in [3.8, 4) is 0 Å². The Morgan fingerprint density at radius 1 is 0.828 bits per heavy atom. The van der Waals surface area contributed by atoms with Crippen LogP contribution in [0.1, 0.15) is 33.1 Å². The highest BCUT2D eigenvalue weighted by molar-refractivity contribution is 6.31. The Morgan fingerprint density at radius 2 is 1.38 bits per heavy atom. The van der Waals surface area contributed by atoms with Crippen LogP contribution in [-0.4, -0.2) is 41.9 Å². The third kappa shape index (κ3) is 4.36. The van der Waals surface area contributed by atoms with E-state index in [1.807, 2.05) is 24.0 Å². The van der Waals surface area contributed by atoms with Gasteiger partial charge in [-0.25, -0.2) is 0 Å². The van der Waals surface area contributed by atoms with E-state index in [2.05, 4.69) is 65.6 Å². The molecule has 4 rings (SSSR count). The molecule has 4 heteroatoms. The zero-order valence-corrected chi connectivity index (χ0v) is 17.3. The Bertz CT molecular complexity index is 927. The van der Waals surface area contributed by atoms with E-state index in [1.54, 1.807) is 6.07 Å². The van der Waals surface area contributed by atoms with Gasteiger partial charge >= 0.3 is 0 Å². The number of amides is 1. The van der Waals surface area contributed by atoms with Crippen molar-refractivity contribution in [2.24, 2.45) is 0 Å². The van der Waals surface area contributed by atoms with E-state index in [9.17, 15) is 4.79 Å². The van der Waals surface area contributed by atoms with Crippen molar-refractivity contribution in [3.63, 3.8) is 0 Å². The second-order valence-corrected chi connectivity index (χ2v) is 7.92. The maximum Gasteiger partial charge on any atom is 0.253 e. The molecule has 0 N–H and O–H groups in total. The lowest BCUT2D eigenvalue weighted by atomic mass is 9.96. The van der Waals surface area contributed by atoms with Crippen LogP contribution in [0.4, 0.5) is 0 Å². The minimum Gasteiger partial charge on any atom is -0.336 e. The zero-order chi connectivity index (χ0) is 20.2. The lowest BCUT2D eigenvalue weighted by Crippen LogP contribution is -2.49. The number of piperazine rings is 1. The summed E-state index contributed by atoms with van der Waals surface area (Å²) in [7, 11) is 0. The van der Waals surface area contributed by atoms with E-state index in [1.165, 1.54) is 11.1 Å². The van der Waals surface area contributed by atoms with Crippen LogP contribution in [0.5, 0.6) is 0 Å². The first-order valence-electron chi connectivity index (χ1n) is 10.0. The van der Waals surface area contributed by atoms with Crippen LogP contribution in [0.15, 0.2) is 78.9 Å². The summed E-state index contributed by atoms with van der Waals surface area (Å²) in [5.74, 6) is 0.0579. The molecule has 1 aliphatic heterocycles. The lowest BCUT2D eigenvalue weighted by molar-refractivity contribution is 0.0597. The van der Waals surface area contributed by atoms with Crippen molar-refractivity contribution < 1.29 is 4.79 Å². The Labute approximate surface area is 177 Å². The fourth-order valence-corrected chi connectivity index (χ4v) is 4.16. The maximum atomic E-state index is 12.9. The molecular formula is C25H25ClN2O. The first-order chi connectivity index (χ1) is 14.1. The van der Waals surface area contributed by atoms with Crippen molar-refractivity contribution in [3.05, 3.63) is 106 Å². The average molecular weight is 405 g/mol. The van der Waals surface area contributed by atoms with Gasteiger partial charge in [0, 0.05) is 36.8 Å². The number of halogens is 1. The minimum atomic E-state index is 0.0579. The number of carbonyl (C=O) groups is 1. The number of aryl methyl sites for hydroxylation is 1. The highest BCUT2D eigenvalue weighted by atomic mass is 35.5. The number of rotatable bonds is 4. The molecule has 1 saturated heterocycles. The van der Waals surface area contributed by atoms with Crippen molar-refractivity contribution in [1.29, 1.82) is 0 Å². The van der Waals surface area contributed by atoms with E-state index in [-0.39, 0.29) is 11.9 Å². The van der Waals surface area contributed by atoms with Crippen LogP contribution >= 0.6 is 11.6 Å². The minimum absolute atomic E-state index is 0.0579. The fraction of sp³-hybridized carbons (Fsp3) is 0.240. The Kier molecular flexibility index (Phi) is 5.98. The molecule has 0 bridgehead atoms. The van der Waals surface area contributed by atoms with Crippen molar-refractivity contribution in [2.75, 3.05) is 26.2 Å². The molecule has 29 heavy (non-hydrogen) atoms. The summed E-state index contributed by atoms with van der Waals surface area (Å²) in [6.07, 6.45) is 0. The SMILES string of the molecule is Cc1ccc(C(=O)N2CCN(C(c3ccccc3)c3ccccc3)CC2)cc1Cl. The van der Waals surface area contributed by atoms with Crippen LogP contribution in [0.3, 0.4) is 0 Å². The summed E-state index contributed by atoms with van der Waals surface area (Å²) in [5.41, 5.74) is 4.21. The standard InChI is InChI=1S/C25H25ClN2O/c1-19-12-13-22(18-23(19)26)25(29)28-16-14-27(15-17-28)24(20-8-4-2-5-9-20)21-10-6-3-7-11-21/h2-13,18,24H,14-17H2,1H3. The van der Waals surface area contributed by atoms with E-state index in [0.717, 1.165) is 18.7 Å². The van der Waals surface area contributed by atoms with Gasteiger partial charge in [0.05, 0.1) is 6.04 Å². The van der Waals surface area contributed by atoms with Gasteiger partial charge in [-0.05, 0) is 35.7 Å². The van der Waals surface area contributed by atoms with Crippen molar-refractivity contribution in [1.82, 2.24) is 9.80 Å². The van der Waals surface area contributed by atoms with E-state index in [0.29, 0.717) is 23.7 Å². The molecule has 1 fully saturated rings. The topological polar surface area (TPSA) is 23.6 Å². The van der Waals surface area contributed by atoms with Gasteiger partial charge in [0.15, 0.2) is 0 Å². The summed E-state index contributed by atoms with van der Waals surface area (Å²) in [6, 6.07) is 26.9. The van der Waals surface area contributed by atoms with Gasteiger partial charge in [0.2, 0.25) is 0 Å². The second-order valence-electron chi connectivity index (χ2n) is 7.52. The molecule has 0 radical (unpaired) electrons. The molecule has 1 amide bonds. The molecule has 0 unspecified atom stereocenters. The number of benzene rings is 3. The summed E-state index contributed by atoms with van der Waals surface area (Å²) in [6.45, 7) is 5.03. The molecule has 3 nitrogen and oxygen atoms in total. The van der Waals surface area contributed by atoms with Crippen LogP contribution < -0.4 is 0 Å². The van der Waals surface area contributed by atoms with Gasteiger partial charge < -0.3 is 4.90 Å². The first-order valence-corrected chi connectivity index (χ1v) is 10.4. The summed E-state index contributed by atoms with van der Waals surface area (Å²) >= 11 is 6.22. The van der Waals surface area contributed by atoms with Crippen LogP contribution in [0.2, 0.25) is 5.02 Å². The van der Waals surface area contributed by atoms with Crippen LogP contribution in [0.25, 0.3) is 0 Å². The van der Waals surface area contributed by atoms with E-state index >= 15 is 0 Å². The average Bonchev–Trinajstić information content (AvgIpc) is 2.77. The van der Waals surface area contributed by atoms with Crippen molar-refractivity contribution in [2.45, 2.75) is 13.0 Å². The molecule has 1 aliphatic rings. The zero-order valence-electron chi connectivity index (χ0n) is 16.6. The van der Waals surface area contributed by atoms with Gasteiger partial charge in [-0.2, -0.15) is 0 Å². The predicted octanol–water partition coefficient (Wildman–Crippen LogP) is 5.20. The molecule has 1 heterocycles. The number of nitrogens with zero attached hydrogens (tertiary/aromatic N) is 2. The molecule has 3 aromatic carbocycles. The third-order valence-corrected chi connectivity index (χ3v) is 6.02. The summed E-state index contributed by atoms with van der Waals surface area (Å²) in [4.78, 5) is 17.3. The Morgan fingerprint density at radius 3 is 1.90 bits per heavy atom. The van der Waals surface area contributed by atoms with E-state index < -0.39 is 0 Å². The quantitative estimate of drug-likeness (QED) is 0.597. The normalized spacial score (nSPS) is 14.9. The molecule has 0 atom stereocenters. The first kappa shape index (κ1) is 19.7. The van der Waals surface area contributed by atoms with Crippen LogP contribution in [0, 0.1) is 6.92 Å². The lowest BCUT2D eigenvalue weighted by Gasteiger charge is -2.39. The third-order valence-electron chi connectivity index (χ3n) is 5.62. The highest BCUT2D eigenvalue weighted by Crippen LogP contribution is 2.29. The highest BCUT2D eigenvalue weighted by Gasteiger charge is 2.28. The molecule has 3 aromatic rings. The van der Waals surface area contributed by atoms with Gasteiger partial charge in [-0.1, -0.05) is 78.3 Å². The Hall–Kier alpha value is -2.62. The summed E-state index contributed by atoms with van der Waals surface area (Å²) < 4.78 is 0. The number of carbonyl (C=O) groups excluding carboxylic acids is 1. The van der Waals surface area contributed by atoms with Gasteiger partial charge in [0.1, 0.15) is 0 Å². The number of hydrogen-bond donors (Lipinski definition) is 0. The summed E-state index contributed by atoms with van der Waals surface area (Å²) in [5, 5.41) is 0.641. The van der Waals surface area contributed by atoms with Gasteiger partial charge in [-0.3, -0.25) is 9.69 Å². The van der Waals surface area contributed by atoms with Crippen molar-refractivity contribution >= 4 is 17.5 Å². The smallest absolute Gasteiger partial charge is 0.253 e. The maximum absolute atomic E-state index is 12.9. The molecule has 0 spiro atoms. The van der Waals surface area contributed by atoms with Gasteiger partial charge in [-0.15, -0.1) is 0 Å². The largest absolute Gasteiger partial charge is 0.336 e. The molecule has 0 saturated carbocycles. The monoisotopic (exact) mass is 404 g/mol. The van der Waals surface area contributed by atoms with Gasteiger partial charge in [0.25, 0.3) is 5.91 Å². The fourth-order valence-electron chi connectivity index (χ4n) is 3.98. The number of hydrogen-bond acceptors (Lipinski definition) is 2. The predicted molar refractivity (Wildman–Crippen MR) is 118 cm³/mol. The molecule has 0 aliphatic carbocycles. The van der Waals surface area contributed by atoms with E-state index in [4.69, 9.17) is 11.6 Å². The van der Waals surface area contributed by atoms with Crippen LogP contribution in [-0.2, 0) is 0 Å². The molecule has 148 valence electrons. The molecule has 0 aromatic heterocycles. The Balaban J connectivity index is 1.51. The second kappa shape index (κ2) is 8.81. The molecular weight excluding hydrogens is 380 g/mol.